The monoisotopic (exact) mass is 440 g/mol. The van der Waals surface area contributed by atoms with Crippen LogP contribution in [0.5, 0.6) is 0 Å². The number of halogens is 1. The van der Waals surface area contributed by atoms with Crippen molar-refractivity contribution in [2.45, 2.75) is 48.8 Å². The molecule has 0 aliphatic carbocycles. The fourth-order valence-corrected chi connectivity index (χ4v) is 5.61. The van der Waals surface area contributed by atoms with Gasteiger partial charge in [0.2, 0.25) is 9.84 Å². The van der Waals surface area contributed by atoms with Crippen LogP contribution < -0.4 is 0 Å². The Labute approximate surface area is 181 Å². The van der Waals surface area contributed by atoms with Gasteiger partial charge in [0.05, 0.1) is 20.9 Å². The van der Waals surface area contributed by atoms with Gasteiger partial charge in [-0.2, -0.15) is 0 Å². The van der Waals surface area contributed by atoms with Gasteiger partial charge in [-0.05, 0) is 61.1 Å². The molecule has 31 heavy (non-hydrogen) atoms. The molecule has 4 rings (SSSR count). The van der Waals surface area contributed by atoms with Crippen molar-refractivity contribution in [1.29, 1.82) is 0 Å². The van der Waals surface area contributed by atoms with E-state index in [2.05, 4.69) is 4.98 Å². The first-order chi connectivity index (χ1) is 14.8. The third-order valence-corrected chi connectivity index (χ3v) is 7.65. The first-order valence-electron chi connectivity index (χ1n) is 10.5. The molecule has 0 atom stereocenters. The Kier molecular flexibility index (Phi) is 5.79. The minimum absolute atomic E-state index is 0.00654. The highest BCUT2D eigenvalue weighted by Crippen LogP contribution is 2.33. The number of hydrogen-bond donors (Lipinski definition) is 0. The first-order valence-corrected chi connectivity index (χ1v) is 12.0. The first kappa shape index (κ1) is 21.4. The van der Waals surface area contributed by atoms with Crippen LogP contribution in [0.25, 0.3) is 10.9 Å². The Morgan fingerprint density at radius 2 is 1.71 bits per heavy atom. The topological polar surface area (TPSA) is 67.3 Å². The van der Waals surface area contributed by atoms with E-state index >= 15 is 0 Å². The van der Waals surface area contributed by atoms with Crippen LogP contribution >= 0.6 is 0 Å². The summed E-state index contributed by atoms with van der Waals surface area (Å²) in [7, 11) is -4.09. The van der Waals surface area contributed by atoms with E-state index in [-0.39, 0.29) is 32.6 Å². The average molecular weight is 441 g/mol. The van der Waals surface area contributed by atoms with E-state index < -0.39 is 15.7 Å². The summed E-state index contributed by atoms with van der Waals surface area (Å²) in [5.41, 5.74) is 1.33. The van der Waals surface area contributed by atoms with E-state index in [9.17, 15) is 17.6 Å². The summed E-state index contributed by atoms with van der Waals surface area (Å²) in [6, 6.07) is 10.4. The zero-order chi connectivity index (χ0) is 22.2. The Morgan fingerprint density at radius 1 is 1.03 bits per heavy atom. The minimum Gasteiger partial charge on any atom is -0.339 e. The molecule has 2 heterocycles. The molecule has 0 bridgehead atoms. The van der Waals surface area contributed by atoms with E-state index in [0.717, 1.165) is 30.9 Å². The van der Waals surface area contributed by atoms with Crippen LogP contribution in [0.2, 0.25) is 0 Å². The zero-order valence-corrected chi connectivity index (χ0v) is 18.5. The molecule has 0 unspecified atom stereocenters. The molecule has 2 aromatic carbocycles. The van der Waals surface area contributed by atoms with Crippen LogP contribution in [0.15, 0.2) is 58.5 Å². The lowest BCUT2D eigenvalue weighted by atomic mass is 10.0. The SMILES string of the molecule is CC(C)c1ccc(S(=O)(=O)c2c(C(=O)N3CCCCC3)cnc3ccc(F)cc23)cc1. The largest absolute Gasteiger partial charge is 0.339 e. The number of benzene rings is 2. The fourth-order valence-electron chi connectivity index (χ4n) is 4.00. The average Bonchev–Trinajstić information content (AvgIpc) is 2.78. The highest BCUT2D eigenvalue weighted by molar-refractivity contribution is 7.91. The van der Waals surface area contributed by atoms with Gasteiger partial charge < -0.3 is 4.90 Å². The number of rotatable bonds is 4. The molecule has 1 amide bonds. The van der Waals surface area contributed by atoms with Gasteiger partial charge in [0.25, 0.3) is 5.91 Å². The van der Waals surface area contributed by atoms with Crippen molar-refractivity contribution in [3.63, 3.8) is 0 Å². The number of carbonyl (C=O) groups is 1. The van der Waals surface area contributed by atoms with Crippen molar-refractivity contribution < 1.29 is 17.6 Å². The number of aromatic nitrogens is 1. The maximum absolute atomic E-state index is 14.1. The molecule has 1 aliphatic rings. The number of amides is 1. The number of fused-ring (bicyclic) bond motifs is 1. The number of sulfone groups is 1. The Hall–Kier alpha value is -2.80. The molecular formula is C24H25FN2O3S. The molecule has 0 radical (unpaired) electrons. The Morgan fingerprint density at radius 3 is 2.35 bits per heavy atom. The van der Waals surface area contributed by atoms with Gasteiger partial charge in [0.15, 0.2) is 0 Å². The van der Waals surface area contributed by atoms with E-state index in [1.807, 2.05) is 13.8 Å². The predicted molar refractivity (Wildman–Crippen MR) is 117 cm³/mol. The van der Waals surface area contributed by atoms with Crippen molar-refractivity contribution in [2.75, 3.05) is 13.1 Å². The number of hydrogen-bond acceptors (Lipinski definition) is 4. The van der Waals surface area contributed by atoms with E-state index in [4.69, 9.17) is 0 Å². The maximum Gasteiger partial charge on any atom is 0.256 e. The summed E-state index contributed by atoms with van der Waals surface area (Å²) >= 11 is 0. The predicted octanol–water partition coefficient (Wildman–Crippen LogP) is 4.96. The van der Waals surface area contributed by atoms with Crippen LogP contribution in [-0.2, 0) is 9.84 Å². The second-order valence-electron chi connectivity index (χ2n) is 8.24. The molecular weight excluding hydrogens is 415 g/mol. The lowest BCUT2D eigenvalue weighted by Gasteiger charge is -2.27. The van der Waals surface area contributed by atoms with Crippen molar-refractivity contribution in [1.82, 2.24) is 9.88 Å². The van der Waals surface area contributed by atoms with Crippen LogP contribution in [0, 0.1) is 5.82 Å². The molecule has 0 N–H and O–H groups in total. The van der Waals surface area contributed by atoms with Gasteiger partial charge in [0.1, 0.15) is 5.82 Å². The number of nitrogens with zero attached hydrogens (tertiary/aromatic N) is 2. The van der Waals surface area contributed by atoms with E-state index in [1.165, 1.54) is 18.3 Å². The van der Waals surface area contributed by atoms with Crippen molar-refractivity contribution in [3.05, 3.63) is 65.6 Å². The summed E-state index contributed by atoms with van der Waals surface area (Å²) in [6.45, 7) is 5.20. The van der Waals surface area contributed by atoms with E-state index in [0.29, 0.717) is 18.6 Å². The maximum atomic E-state index is 14.1. The molecule has 3 aromatic rings. The number of likely N-dealkylation sites (tertiary alicyclic amines) is 1. The molecule has 0 saturated carbocycles. The number of carbonyl (C=O) groups excluding carboxylic acids is 1. The molecule has 1 saturated heterocycles. The van der Waals surface area contributed by atoms with Gasteiger partial charge >= 0.3 is 0 Å². The van der Waals surface area contributed by atoms with Crippen molar-refractivity contribution in [3.8, 4) is 0 Å². The van der Waals surface area contributed by atoms with E-state index in [1.54, 1.807) is 29.2 Å². The summed E-state index contributed by atoms with van der Waals surface area (Å²) < 4.78 is 41.6. The summed E-state index contributed by atoms with van der Waals surface area (Å²) in [4.78, 5) is 19.1. The number of pyridine rings is 1. The lowest BCUT2D eigenvalue weighted by molar-refractivity contribution is 0.0720. The third kappa shape index (κ3) is 4.06. The quantitative estimate of drug-likeness (QED) is 0.575. The lowest BCUT2D eigenvalue weighted by Crippen LogP contribution is -2.36. The highest BCUT2D eigenvalue weighted by atomic mass is 32.2. The van der Waals surface area contributed by atoms with Gasteiger partial charge in [-0.1, -0.05) is 26.0 Å². The van der Waals surface area contributed by atoms with Crippen LogP contribution in [0.1, 0.15) is 54.9 Å². The molecule has 1 aliphatic heterocycles. The molecule has 7 heteroatoms. The van der Waals surface area contributed by atoms with Gasteiger partial charge in [-0.15, -0.1) is 0 Å². The molecule has 1 fully saturated rings. The normalized spacial score (nSPS) is 14.9. The number of piperidine rings is 1. The zero-order valence-electron chi connectivity index (χ0n) is 17.6. The third-order valence-electron chi connectivity index (χ3n) is 5.78. The Balaban J connectivity index is 1.93. The van der Waals surface area contributed by atoms with Gasteiger partial charge in [-0.3, -0.25) is 9.78 Å². The Bertz CT molecular complexity index is 1230. The molecule has 0 spiro atoms. The van der Waals surface area contributed by atoms with Crippen LogP contribution in [-0.4, -0.2) is 37.3 Å². The molecule has 1 aromatic heterocycles. The van der Waals surface area contributed by atoms with Crippen molar-refractivity contribution in [2.24, 2.45) is 0 Å². The summed E-state index contributed by atoms with van der Waals surface area (Å²) in [6.07, 6.45) is 4.10. The smallest absolute Gasteiger partial charge is 0.256 e. The second-order valence-corrected chi connectivity index (χ2v) is 10.1. The minimum atomic E-state index is -4.09. The van der Waals surface area contributed by atoms with Crippen molar-refractivity contribution >= 4 is 26.6 Å². The highest BCUT2D eigenvalue weighted by Gasteiger charge is 2.30. The van der Waals surface area contributed by atoms with Gasteiger partial charge in [0, 0.05) is 24.7 Å². The molecule has 162 valence electrons. The van der Waals surface area contributed by atoms with Crippen LogP contribution in [0.4, 0.5) is 4.39 Å². The second kappa shape index (κ2) is 8.38. The summed E-state index contributed by atoms with van der Waals surface area (Å²) in [5.74, 6) is -0.706. The molecule has 5 nitrogen and oxygen atoms in total. The summed E-state index contributed by atoms with van der Waals surface area (Å²) in [5, 5.41) is 0.121. The standard InChI is InChI=1S/C24H25FN2O3S/c1-16(2)17-6-9-19(10-7-17)31(29,30)23-20-14-18(25)8-11-22(20)26-15-21(23)24(28)27-12-4-3-5-13-27/h6-11,14-16H,3-5,12-13H2,1-2H3. The fraction of sp³-hybridized carbons (Fsp3) is 0.333. The van der Waals surface area contributed by atoms with Gasteiger partial charge in [-0.25, -0.2) is 12.8 Å². The van der Waals surface area contributed by atoms with Crippen LogP contribution in [0.3, 0.4) is 0 Å².